The van der Waals surface area contributed by atoms with E-state index < -0.39 is 6.10 Å². The third kappa shape index (κ3) is 5.41. The molecule has 1 aliphatic carbocycles. The van der Waals surface area contributed by atoms with Gasteiger partial charge >= 0.3 is 0 Å². The van der Waals surface area contributed by atoms with Gasteiger partial charge in [0.15, 0.2) is 0 Å². The highest BCUT2D eigenvalue weighted by molar-refractivity contribution is 4.93. The highest BCUT2D eigenvalue weighted by Gasteiger charge is 2.22. The minimum atomic E-state index is -0.486. The van der Waals surface area contributed by atoms with Gasteiger partial charge in [-0.1, -0.05) is 26.7 Å². The monoisotopic (exact) mass is 296 g/mol. The maximum absolute atomic E-state index is 9.96. The lowest BCUT2D eigenvalue weighted by Crippen LogP contribution is -2.34. The summed E-state index contributed by atoms with van der Waals surface area (Å²) in [6.07, 6.45) is 7.34. The number of ether oxygens (including phenoxy) is 1. The standard InChI is InChI=1S/C16H28N2O3/c1-3-14-9-18-16(21-14)10-17-8-13(19)11-20-15-7-5-4-6-12(15)2/h9,12-13,15,17,19H,3-8,10-11H2,1-2H3. The van der Waals surface area contributed by atoms with Gasteiger partial charge in [-0.2, -0.15) is 0 Å². The molecule has 1 aromatic heterocycles. The molecule has 0 saturated heterocycles. The van der Waals surface area contributed by atoms with E-state index in [2.05, 4.69) is 17.2 Å². The Hall–Kier alpha value is -0.910. The summed E-state index contributed by atoms with van der Waals surface area (Å²) in [4.78, 5) is 4.17. The molecule has 5 heteroatoms. The van der Waals surface area contributed by atoms with E-state index in [0.29, 0.717) is 37.6 Å². The van der Waals surface area contributed by atoms with Gasteiger partial charge < -0.3 is 19.6 Å². The molecule has 0 radical (unpaired) electrons. The van der Waals surface area contributed by atoms with Gasteiger partial charge in [0.1, 0.15) is 5.76 Å². The second-order valence-corrected chi connectivity index (χ2v) is 5.99. The molecule has 3 atom stereocenters. The number of oxazole rings is 1. The lowest BCUT2D eigenvalue weighted by molar-refractivity contribution is -0.0452. The Balaban J connectivity index is 1.59. The van der Waals surface area contributed by atoms with Crippen LogP contribution in [0.5, 0.6) is 0 Å². The zero-order valence-corrected chi connectivity index (χ0v) is 13.2. The third-order valence-corrected chi connectivity index (χ3v) is 4.14. The van der Waals surface area contributed by atoms with Crippen LogP contribution in [0.25, 0.3) is 0 Å². The molecule has 21 heavy (non-hydrogen) atoms. The van der Waals surface area contributed by atoms with Crippen LogP contribution in [0.3, 0.4) is 0 Å². The largest absolute Gasteiger partial charge is 0.444 e. The molecular weight excluding hydrogens is 268 g/mol. The Bertz CT molecular complexity index is 408. The predicted octanol–water partition coefficient (Wildman–Crippen LogP) is 2.28. The van der Waals surface area contributed by atoms with Gasteiger partial charge in [-0.25, -0.2) is 4.98 Å². The van der Waals surface area contributed by atoms with E-state index in [-0.39, 0.29) is 0 Å². The van der Waals surface area contributed by atoms with Crippen LogP contribution < -0.4 is 5.32 Å². The molecule has 120 valence electrons. The van der Waals surface area contributed by atoms with Crippen molar-refractivity contribution in [2.24, 2.45) is 5.92 Å². The zero-order chi connectivity index (χ0) is 15.1. The summed E-state index contributed by atoms with van der Waals surface area (Å²) in [7, 11) is 0. The Kier molecular flexibility index (Phi) is 6.67. The molecule has 5 nitrogen and oxygen atoms in total. The Morgan fingerprint density at radius 3 is 3.00 bits per heavy atom. The van der Waals surface area contributed by atoms with Crippen molar-refractivity contribution in [3.05, 3.63) is 17.8 Å². The molecule has 1 aliphatic rings. The van der Waals surface area contributed by atoms with Crippen molar-refractivity contribution in [1.82, 2.24) is 10.3 Å². The van der Waals surface area contributed by atoms with Crippen LogP contribution in [0.15, 0.2) is 10.6 Å². The van der Waals surface area contributed by atoms with Crippen LogP contribution in [0, 0.1) is 5.92 Å². The van der Waals surface area contributed by atoms with Crippen molar-refractivity contribution >= 4 is 0 Å². The summed E-state index contributed by atoms with van der Waals surface area (Å²) in [6.45, 7) is 5.70. The SMILES string of the molecule is CCc1cnc(CNCC(O)COC2CCCCC2C)o1. The number of hydrogen-bond acceptors (Lipinski definition) is 5. The first kappa shape index (κ1) is 16.5. The highest BCUT2D eigenvalue weighted by atomic mass is 16.5. The third-order valence-electron chi connectivity index (χ3n) is 4.14. The van der Waals surface area contributed by atoms with Crippen molar-refractivity contribution < 1.29 is 14.3 Å². The van der Waals surface area contributed by atoms with Crippen molar-refractivity contribution in [3.8, 4) is 0 Å². The van der Waals surface area contributed by atoms with Crippen molar-refractivity contribution in [3.63, 3.8) is 0 Å². The molecule has 1 aromatic rings. The average Bonchev–Trinajstić information content (AvgIpc) is 2.94. The highest BCUT2D eigenvalue weighted by Crippen LogP contribution is 2.26. The maximum atomic E-state index is 9.96. The Morgan fingerprint density at radius 2 is 2.29 bits per heavy atom. The molecule has 1 saturated carbocycles. The molecule has 0 spiro atoms. The normalized spacial score (nSPS) is 24.1. The zero-order valence-electron chi connectivity index (χ0n) is 13.2. The van der Waals surface area contributed by atoms with E-state index in [1.807, 2.05) is 6.92 Å². The van der Waals surface area contributed by atoms with Gasteiger partial charge in [-0.3, -0.25) is 0 Å². The number of rotatable bonds is 8. The summed E-state index contributed by atoms with van der Waals surface area (Å²) < 4.78 is 11.3. The molecule has 0 aromatic carbocycles. The lowest BCUT2D eigenvalue weighted by atomic mass is 9.88. The van der Waals surface area contributed by atoms with E-state index >= 15 is 0 Å². The number of hydrogen-bond donors (Lipinski definition) is 2. The van der Waals surface area contributed by atoms with Crippen LogP contribution in [-0.2, 0) is 17.7 Å². The number of aliphatic hydroxyl groups excluding tert-OH is 1. The number of aromatic nitrogens is 1. The number of nitrogens with one attached hydrogen (secondary N) is 1. The van der Waals surface area contributed by atoms with Crippen molar-refractivity contribution in [1.29, 1.82) is 0 Å². The number of nitrogens with zero attached hydrogens (tertiary/aromatic N) is 1. The van der Waals surface area contributed by atoms with Crippen LogP contribution in [0.1, 0.15) is 51.2 Å². The fourth-order valence-corrected chi connectivity index (χ4v) is 2.76. The van der Waals surface area contributed by atoms with Crippen LogP contribution in [0.4, 0.5) is 0 Å². The Labute approximate surface area is 127 Å². The van der Waals surface area contributed by atoms with Gasteiger partial charge in [0.05, 0.1) is 31.6 Å². The maximum Gasteiger partial charge on any atom is 0.208 e. The molecule has 2 N–H and O–H groups in total. The van der Waals surface area contributed by atoms with Crippen LogP contribution >= 0.6 is 0 Å². The molecule has 0 amide bonds. The van der Waals surface area contributed by atoms with Gasteiger partial charge in [0.2, 0.25) is 5.89 Å². The first-order valence-corrected chi connectivity index (χ1v) is 8.13. The van der Waals surface area contributed by atoms with Crippen LogP contribution in [0.2, 0.25) is 0 Å². The predicted molar refractivity (Wildman–Crippen MR) is 81.0 cm³/mol. The van der Waals surface area contributed by atoms with E-state index in [9.17, 15) is 5.11 Å². The lowest BCUT2D eigenvalue weighted by Gasteiger charge is -2.29. The van der Waals surface area contributed by atoms with Gasteiger partial charge in [0.25, 0.3) is 0 Å². The average molecular weight is 296 g/mol. The fraction of sp³-hybridized carbons (Fsp3) is 0.812. The fourth-order valence-electron chi connectivity index (χ4n) is 2.76. The smallest absolute Gasteiger partial charge is 0.208 e. The van der Waals surface area contributed by atoms with Gasteiger partial charge in [-0.15, -0.1) is 0 Å². The van der Waals surface area contributed by atoms with E-state index in [4.69, 9.17) is 9.15 Å². The summed E-state index contributed by atoms with van der Waals surface area (Å²) >= 11 is 0. The molecule has 0 aliphatic heterocycles. The van der Waals surface area contributed by atoms with E-state index in [1.54, 1.807) is 6.20 Å². The molecular formula is C16H28N2O3. The Morgan fingerprint density at radius 1 is 1.48 bits per heavy atom. The van der Waals surface area contributed by atoms with Crippen molar-refractivity contribution in [2.45, 2.75) is 64.7 Å². The van der Waals surface area contributed by atoms with Gasteiger partial charge in [0, 0.05) is 13.0 Å². The second kappa shape index (κ2) is 8.51. The minimum Gasteiger partial charge on any atom is -0.444 e. The molecule has 1 heterocycles. The van der Waals surface area contributed by atoms with Gasteiger partial charge in [-0.05, 0) is 18.8 Å². The van der Waals surface area contributed by atoms with Crippen molar-refractivity contribution in [2.75, 3.05) is 13.2 Å². The van der Waals surface area contributed by atoms with E-state index in [1.165, 1.54) is 19.3 Å². The number of aliphatic hydroxyl groups is 1. The topological polar surface area (TPSA) is 67.5 Å². The molecule has 3 unspecified atom stereocenters. The number of aryl methyl sites for hydroxylation is 1. The quantitative estimate of drug-likeness (QED) is 0.770. The summed E-state index contributed by atoms with van der Waals surface area (Å²) in [6, 6.07) is 0. The summed E-state index contributed by atoms with van der Waals surface area (Å²) in [5, 5.41) is 13.1. The second-order valence-electron chi connectivity index (χ2n) is 5.99. The molecule has 0 bridgehead atoms. The van der Waals surface area contributed by atoms with Crippen LogP contribution in [-0.4, -0.2) is 35.5 Å². The molecule has 2 rings (SSSR count). The summed E-state index contributed by atoms with van der Waals surface area (Å²) in [5.41, 5.74) is 0. The first-order valence-electron chi connectivity index (χ1n) is 8.13. The summed E-state index contributed by atoms with van der Waals surface area (Å²) in [5.74, 6) is 2.17. The van der Waals surface area contributed by atoms with E-state index in [0.717, 1.165) is 18.6 Å². The minimum absolute atomic E-state index is 0.312. The molecule has 1 fully saturated rings. The first-order chi connectivity index (χ1) is 10.2.